The second-order valence-electron chi connectivity index (χ2n) is 5.37. The molecule has 1 aliphatic rings. The van der Waals surface area contributed by atoms with E-state index in [1.54, 1.807) is 7.11 Å². The highest BCUT2D eigenvalue weighted by Gasteiger charge is 2.38. The molecule has 0 aliphatic heterocycles. The molecule has 0 saturated carbocycles. The highest BCUT2D eigenvalue weighted by Crippen LogP contribution is 2.51. The monoisotopic (exact) mass is 238 g/mol. The highest BCUT2D eigenvalue weighted by atomic mass is 35.5. The first-order chi connectivity index (χ1) is 7.38. The van der Waals surface area contributed by atoms with Gasteiger partial charge in [-0.25, -0.2) is 0 Å². The van der Waals surface area contributed by atoms with Crippen molar-refractivity contribution in [1.82, 2.24) is 0 Å². The molecule has 0 bridgehead atoms. The Labute approximate surface area is 103 Å². The molecule has 1 aliphatic carbocycles. The second kappa shape index (κ2) is 3.66. The van der Waals surface area contributed by atoms with Crippen LogP contribution in [0.4, 0.5) is 0 Å². The number of hydrogen-bond donors (Lipinski definition) is 0. The van der Waals surface area contributed by atoms with Crippen LogP contribution in [0.3, 0.4) is 0 Å². The number of ether oxygens (including phenoxy) is 1. The molecule has 1 aromatic carbocycles. The summed E-state index contributed by atoms with van der Waals surface area (Å²) in [7, 11) is 1.73. The molecule has 2 heteroatoms. The summed E-state index contributed by atoms with van der Waals surface area (Å²) in [5.74, 6) is 0.988. The van der Waals surface area contributed by atoms with E-state index in [9.17, 15) is 0 Å². The molecule has 1 atom stereocenters. The van der Waals surface area contributed by atoms with Crippen molar-refractivity contribution in [1.29, 1.82) is 0 Å². The second-order valence-corrected chi connectivity index (χ2v) is 5.90. The average Bonchev–Trinajstić information content (AvgIpc) is 2.37. The zero-order valence-electron chi connectivity index (χ0n) is 10.6. The van der Waals surface area contributed by atoms with Gasteiger partial charge in [-0.15, -0.1) is 11.6 Å². The molecule has 16 heavy (non-hydrogen) atoms. The molecule has 0 saturated heterocycles. The van der Waals surface area contributed by atoms with Crippen molar-refractivity contribution in [3.63, 3.8) is 0 Å². The Hall–Kier alpha value is -0.690. The summed E-state index contributed by atoms with van der Waals surface area (Å²) in [5.41, 5.74) is 5.28. The number of fused-ring (bicyclic) bond motifs is 1. The van der Waals surface area contributed by atoms with Gasteiger partial charge in [-0.3, -0.25) is 0 Å². The lowest BCUT2D eigenvalue weighted by molar-refractivity contribution is 0.407. The molecular formula is C14H19ClO. The van der Waals surface area contributed by atoms with Crippen molar-refractivity contribution < 1.29 is 4.74 Å². The predicted octanol–water partition coefficient (Wildman–Crippen LogP) is 4.27. The van der Waals surface area contributed by atoms with Gasteiger partial charge >= 0.3 is 0 Å². The topological polar surface area (TPSA) is 9.23 Å². The Kier molecular flexibility index (Phi) is 2.70. The lowest BCUT2D eigenvalue weighted by Crippen LogP contribution is -2.12. The van der Waals surface area contributed by atoms with Gasteiger partial charge in [0.1, 0.15) is 5.75 Å². The fraction of sp³-hybridized carbons (Fsp3) is 0.571. The van der Waals surface area contributed by atoms with E-state index >= 15 is 0 Å². The molecule has 0 aromatic heterocycles. The van der Waals surface area contributed by atoms with Gasteiger partial charge in [0.15, 0.2) is 0 Å². The Morgan fingerprint density at radius 1 is 1.38 bits per heavy atom. The average molecular weight is 239 g/mol. The van der Waals surface area contributed by atoms with Gasteiger partial charge in [0.2, 0.25) is 0 Å². The maximum absolute atomic E-state index is 6.46. The molecule has 88 valence electrons. The van der Waals surface area contributed by atoms with Crippen molar-refractivity contribution in [3.8, 4) is 5.75 Å². The van der Waals surface area contributed by atoms with Gasteiger partial charge in [-0.2, -0.15) is 0 Å². The maximum atomic E-state index is 6.46. The van der Waals surface area contributed by atoms with Gasteiger partial charge in [0.25, 0.3) is 0 Å². The first-order valence-electron chi connectivity index (χ1n) is 5.71. The highest BCUT2D eigenvalue weighted by molar-refractivity contribution is 6.21. The van der Waals surface area contributed by atoms with Crippen LogP contribution in [-0.4, -0.2) is 7.11 Å². The summed E-state index contributed by atoms with van der Waals surface area (Å²) < 4.78 is 5.46. The fourth-order valence-corrected chi connectivity index (χ4v) is 3.58. The van der Waals surface area contributed by atoms with E-state index < -0.39 is 0 Å². The van der Waals surface area contributed by atoms with Crippen LogP contribution >= 0.6 is 11.6 Å². The summed E-state index contributed by atoms with van der Waals surface area (Å²) in [5, 5.41) is 0.125. The number of benzene rings is 1. The van der Waals surface area contributed by atoms with E-state index in [2.05, 4.69) is 33.8 Å². The van der Waals surface area contributed by atoms with E-state index in [0.717, 1.165) is 12.2 Å². The van der Waals surface area contributed by atoms with E-state index in [1.165, 1.54) is 22.3 Å². The van der Waals surface area contributed by atoms with Crippen molar-refractivity contribution in [2.45, 2.75) is 44.9 Å². The Morgan fingerprint density at radius 3 is 2.56 bits per heavy atom. The SMILES string of the molecule is COc1c(C)cc2c(c1C)C(Cl)CC2(C)C. The lowest BCUT2D eigenvalue weighted by Gasteiger charge is -2.21. The summed E-state index contributed by atoms with van der Waals surface area (Å²) in [4.78, 5) is 0. The van der Waals surface area contributed by atoms with Crippen LogP contribution in [0.15, 0.2) is 6.07 Å². The van der Waals surface area contributed by atoms with Gasteiger partial charge < -0.3 is 4.74 Å². The molecule has 0 heterocycles. The number of rotatable bonds is 1. The molecule has 0 spiro atoms. The summed E-state index contributed by atoms with van der Waals surface area (Å²) in [6.07, 6.45) is 1.01. The molecule has 1 aromatic rings. The molecule has 1 nitrogen and oxygen atoms in total. The fourth-order valence-electron chi connectivity index (χ4n) is 2.92. The van der Waals surface area contributed by atoms with Crippen molar-refractivity contribution in [2.75, 3.05) is 7.11 Å². The molecule has 0 N–H and O–H groups in total. The van der Waals surface area contributed by atoms with E-state index in [-0.39, 0.29) is 10.8 Å². The minimum Gasteiger partial charge on any atom is -0.496 e. The number of halogens is 1. The quantitative estimate of drug-likeness (QED) is 0.664. The molecule has 0 radical (unpaired) electrons. The van der Waals surface area contributed by atoms with Crippen LogP contribution in [0, 0.1) is 13.8 Å². The first-order valence-corrected chi connectivity index (χ1v) is 6.14. The van der Waals surface area contributed by atoms with E-state index in [1.807, 2.05) is 0 Å². The van der Waals surface area contributed by atoms with Gasteiger partial charge in [-0.1, -0.05) is 19.9 Å². The zero-order chi connectivity index (χ0) is 12.1. The van der Waals surface area contributed by atoms with E-state index in [4.69, 9.17) is 16.3 Å². The molecule has 1 unspecified atom stereocenters. The Balaban J connectivity index is 2.72. The molecular weight excluding hydrogens is 220 g/mol. The van der Waals surface area contributed by atoms with Gasteiger partial charge in [-0.05, 0) is 47.9 Å². The zero-order valence-corrected chi connectivity index (χ0v) is 11.4. The standard InChI is InChI=1S/C14H19ClO/c1-8-6-10-12(9(2)13(8)16-5)11(15)7-14(10,3)4/h6,11H,7H2,1-5H3. The van der Waals surface area contributed by atoms with Crippen LogP contribution in [0.2, 0.25) is 0 Å². The molecule has 0 fully saturated rings. The normalized spacial score (nSPS) is 22.0. The molecule has 2 rings (SSSR count). The largest absolute Gasteiger partial charge is 0.496 e. The van der Waals surface area contributed by atoms with Gasteiger partial charge in [0, 0.05) is 0 Å². The summed E-state index contributed by atoms with van der Waals surface area (Å²) >= 11 is 6.46. The van der Waals surface area contributed by atoms with Gasteiger partial charge in [0.05, 0.1) is 12.5 Å². The minimum atomic E-state index is 0.125. The predicted molar refractivity (Wildman–Crippen MR) is 68.7 cm³/mol. The van der Waals surface area contributed by atoms with Crippen LogP contribution in [0.1, 0.15) is 47.9 Å². The van der Waals surface area contributed by atoms with E-state index in [0.29, 0.717) is 0 Å². The third kappa shape index (κ3) is 1.53. The Bertz CT molecular complexity index is 435. The summed E-state index contributed by atoms with van der Waals surface area (Å²) in [6.45, 7) is 8.74. The summed E-state index contributed by atoms with van der Waals surface area (Å²) in [6, 6.07) is 2.24. The van der Waals surface area contributed by atoms with Crippen molar-refractivity contribution in [2.24, 2.45) is 0 Å². The minimum absolute atomic E-state index is 0.125. The number of alkyl halides is 1. The number of aryl methyl sites for hydroxylation is 1. The third-order valence-corrected chi connectivity index (χ3v) is 4.06. The van der Waals surface area contributed by atoms with Crippen LogP contribution in [0.5, 0.6) is 5.75 Å². The van der Waals surface area contributed by atoms with Crippen LogP contribution < -0.4 is 4.74 Å². The Morgan fingerprint density at radius 2 is 2.00 bits per heavy atom. The third-order valence-electron chi connectivity index (χ3n) is 3.69. The lowest BCUT2D eigenvalue weighted by atomic mass is 9.85. The van der Waals surface area contributed by atoms with Crippen LogP contribution in [-0.2, 0) is 5.41 Å². The number of methoxy groups -OCH3 is 1. The smallest absolute Gasteiger partial charge is 0.125 e. The van der Waals surface area contributed by atoms with Crippen LogP contribution in [0.25, 0.3) is 0 Å². The first kappa shape index (κ1) is 11.8. The number of hydrogen-bond acceptors (Lipinski definition) is 1. The van der Waals surface area contributed by atoms with Crippen molar-refractivity contribution >= 4 is 11.6 Å². The maximum Gasteiger partial charge on any atom is 0.125 e. The van der Waals surface area contributed by atoms with Crippen molar-refractivity contribution in [3.05, 3.63) is 28.3 Å². The molecule has 0 amide bonds.